The molecule has 8 heteroatoms. The molecule has 1 unspecified atom stereocenters. The number of rotatable bonds is 8. The van der Waals surface area contributed by atoms with Crippen molar-refractivity contribution in [3.8, 4) is 17.2 Å². The highest BCUT2D eigenvalue weighted by Gasteiger charge is 2.46. The number of hydrogen-bond acceptors (Lipinski definition) is 6. The zero-order chi connectivity index (χ0) is 23.4. The van der Waals surface area contributed by atoms with Gasteiger partial charge in [0.1, 0.15) is 23.0 Å². The largest absolute Gasteiger partial charge is 0.507 e. The summed E-state index contributed by atoms with van der Waals surface area (Å²) < 4.78 is 16.1. The summed E-state index contributed by atoms with van der Waals surface area (Å²) in [6.45, 7) is 4.68. The van der Waals surface area contributed by atoms with Crippen LogP contribution in [0, 0.1) is 0 Å². The van der Waals surface area contributed by atoms with Crippen molar-refractivity contribution in [1.82, 2.24) is 4.90 Å². The molecule has 0 bridgehead atoms. The summed E-state index contributed by atoms with van der Waals surface area (Å²) in [7, 11) is 2.89. The molecule has 1 amide bonds. The first-order valence-corrected chi connectivity index (χ1v) is 10.7. The summed E-state index contributed by atoms with van der Waals surface area (Å²) in [4.78, 5) is 27.4. The number of hydrogen-bond donors (Lipinski definition) is 1. The predicted molar refractivity (Wildman–Crippen MR) is 121 cm³/mol. The third-order valence-electron chi connectivity index (χ3n) is 5.24. The van der Waals surface area contributed by atoms with Crippen molar-refractivity contribution in [2.75, 3.05) is 27.4 Å². The second kappa shape index (κ2) is 9.96. The highest BCUT2D eigenvalue weighted by molar-refractivity contribution is 6.46. The van der Waals surface area contributed by atoms with Crippen molar-refractivity contribution in [1.29, 1.82) is 0 Å². The van der Waals surface area contributed by atoms with Crippen LogP contribution in [0.2, 0.25) is 5.02 Å². The van der Waals surface area contributed by atoms with Gasteiger partial charge < -0.3 is 24.2 Å². The molecule has 32 heavy (non-hydrogen) atoms. The minimum absolute atomic E-state index is 0.0212. The van der Waals surface area contributed by atoms with Gasteiger partial charge in [0.15, 0.2) is 0 Å². The zero-order valence-electron chi connectivity index (χ0n) is 18.5. The van der Waals surface area contributed by atoms with Crippen LogP contribution in [-0.4, -0.2) is 49.1 Å². The van der Waals surface area contributed by atoms with Crippen LogP contribution in [0.4, 0.5) is 0 Å². The Morgan fingerprint density at radius 3 is 2.28 bits per heavy atom. The van der Waals surface area contributed by atoms with Crippen molar-refractivity contribution in [2.45, 2.75) is 26.3 Å². The Kier molecular flexibility index (Phi) is 7.30. The average molecular weight is 460 g/mol. The van der Waals surface area contributed by atoms with Gasteiger partial charge in [0.05, 0.1) is 43.0 Å². The maximum Gasteiger partial charge on any atom is 0.295 e. The van der Waals surface area contributed by atoms with Crippen molar-refractivity contribution in [3.05, 3.63) is 58.1 Å². The fourth-order valence-electron chi connectivity index (χ4n) is 3.80. The third-order valence-corrected chi connectivity index (χ3v) is 5.54. The molecule has 1 aliphatic heterocycles. The molecule has 170 valence electrons. The lowest BCUT2D eigenvalue weighted by Crippen LogP contribution is -2.30. The molecule has 2 aromatic rings. The Balaban J connectivity index is 2.21. The van der Waals surface area contributed by atoms with E-state index in [9.17, 15) is 14.7 Å². The molecule has 7 nitrogen and oxygen atoms in total. The lowest BCUT2D eigenvalue weighted by Gasteiger charge is -2.25. The smallest absolute Gasteiger partial charge is 0.295 e. The van der Waals surface area contributed by atoms with Gasteiger partial charge in [-0.1, -0.05) is 30.7 Å². The maximum absolute atomic E-state index is 13.0. The number of ketones is 1. The van der Waals surface area contributed by atoms with E-state index in [-0.39, 0.29) is 27.7 Å². The maximum atomic E-state index is 13.0. The van der Waals surface area contributed by atoms with Gasteiger partial charge in [-0.15, -0.1) is 0 Å². The summed E-state index contributed by atoms with van der Waals surface area (Å²) in [5.74, 6) is -0.491. The van der Waals surface area contributed by atoms with Crippen molar-refractivity contribution in [2.24, 2.45) is 0 Å². The minimum atomic E-state index is -0.760. The molecule has 2 aromatic carbocycles. The zero-order valence-corrected chi connectivity index (χ0v) is 19.2. The number of nitrogens with zero attached hydrogens (tertiary/aromatic N) is 1. The summed E-state index contributed by atoms with van der Waals surface area (Å²) in [6.07, 6.45) is 0.651. The van der Waals surface area contributed by atoms with E-state index in [1.54, 1.807) is 24.3 Å². The number of carbonyl (C=O) groups is 2. The van der Waals surface area contributed by atoms with Crippen LogP contribution in [0.5, 0.6) is 17.2 Å². The summed E-state index contributed by atoms with van der Waals surface area (Å²) in [5, 5.41) is 11.5. The van der Waals surface area contributed by atoms with E-state index in [1.807, 2.05) is 13.8 Å². The third kappa shape index (κ3) is 4.25. The van der Waals surface area contributed by atoms with Crippen LogP contribution in [0.25, 0.3) is 5.76 Å². The molecule has 3 rings (SSSR count). The second-order valence-electron chi connectivity index (χ2n) is 7.18. The van der Waals surface area contributed by atoms with Gasteiger partial charge in [-0.3, -0.25) is 9.59 Å². The topological polar surface area (TPSA) is 85.3 Å². The van der Waals surface area contributed by atoms with Gasteiger partial charge in [0, 0.05) is 12.6 Å². The fraction of sp³-hybridized carbons (Fsp3) is 0.333. The molecule has 1 atom stereocenters. The second-order valence-corrected chi connectivity index (χ2v) is 7.59. The molecule has 1 fully saturated rings. The summed E-state index contributed by atoms with van der Waals surface area (Å²) >= 11 is 6.26. The molecule has 0 spiro atoms. The number of benzene rings is 2. The highest BCUT2D eigenvalue weighted by atomic mass is 35.5. The lowest BCUT2D eigenvalue weighted by molar-refractivity contribution is -0.139. The number of amides is 1. The number of carbonyl (C=O) groups excluding carboxylic acids is 2. The van der Waals surface area contributed by atoms with Gasteiger partial charge in [0.2, 0.25) is 0 Å². The quantitative estimate of drug-likeness (QED) is 0.353. The summed E-state index contributed by atoms with van der Waals surface area (Å²) in [5.41, 5.74) is 0.858. The van der Waals surface area contributed by atoms with Gasteiger partial charge in [-0.25, -0.2) is 0 Å². The van der Waals surface area contributed by atoms with Crippen LogP contribution >= 0.6 is 11.6 Å². The Morgan fingerprint density at radius 2 is 1.72 bits per heavy atom. The summed E-state index contributed by atoms with van der Waals surface area (Å²) in [6, 6.07) is 9.34. The van der Waals surface area contributed by atoms with Gasteiger partial charge in [0.25, 0.3) is 11.7 Å². The van der Waals surface area contributed by atoms with Crippen molar-refractivity contribution < 1.29 is 28.9 Å². The Bertz CT molecular complexity index is 1050. The van der Waals surface area contributed by atoms with Crippen LogP contribution in [0.3, 0.4) is 0 Å². The van der Waals surface area contributed by atoms with Crippen LogP contribution < -0.4 is 14.2 Å². The van der Waals surface area contributed by atoms with Crippen molar-refractivity contribution >= 4 is 29.1 Å². The molecule has 0 radical (unpaired) electrons. The first-order valence-electron chi connectivity index (χ1n) is 10.3. The lowest BCUT2D eigenvalue weighted by atomic mass is 9.94. The SMILES string of the molecule is CCCN1C(=O)C(=O)/C(=C(/O)c2cc(Cl)c(OC)cc2OC)C1c1ccc(OCC)cc1. The molecule has 1 heterocycles. The first kappa shape index (κ1) is 23.5. The van der Waals surface area contributed by atoms with E-state index in [0.717, 1.165) is 0 Å². The van der Waals surface area contributed by atoms with E-state index >= 15 is 0 Å². The van der Waals surface area contributed by atoms with Crippen LogP contribution in [0.1, 0.15) is 37.4 Å². The molecule has 0 saturated carbocycles. The normalized spacial score (nSPS) is 17.5. The van der Waals surface area contributed by atoms with Gasteiger partial charge >= 0.3 is 0 Å². The minimum Gasteiger partial charge on any atom is -0.507 e. The van der Waals surface area contributed by atoms with Crippen LogP contribution in [-0.2, 0) is 9.59 Å². The monoisotopic (exact) mass is 459 g/mol. The molecule has 0 aliphatic carbocycles. The molecular formula is C24H26ClNO6. The number of ether oxygens (including phenoxy) is 3. The number of likely N-dealkylation sites (tertiary alicyclic amines) is 1. The Hall–Kier alpha value is -3.19. The number of aliphatic hydroxyl groups is 1. The molecule has 0 aromatic heterocycles. The molecule has 1 saturated heterocycles. The van der Waals surface area contributed by atoms with Crippen LogP contribution in [0.15, 0.2) is 42.0 Å². The number of aliphatic hydroxyl groups excluding tert-OH is 1. The van der Waals surface area contributed by atoms with E-state index in [1.165, 1.54) is 31.3 Å². The number of Topliss-reactive ketones (excluding diaryl/α,β-unsaturated/α-hetero) is 1. The number of halogens is 1. The fourth-order valence-corrected chi connectivity index (χ4v) is 4.04. The highest BCUT2D eigenvalue weighted by Crippen LogP contribution is 2.43. The van der Waals surface area contributed by atoms with E-state index in [2.05, 4.69) is 0 Å². The molecular weight excluding hydrogens is 434 g/mol. The van der Waals surface area contributed by atoms with Gasteiger partial charge in [-0.2, -0.15) is 0 Å². The van der Waals surface area contributed by atoms with E-state index < -0.39 is 17.7 Å². The van der Waals surface area contributed by atoms with Crippen molar-refractivity contribution in [3.63, 3.8) is 0 Å². The Labute approximate surface area is 192 Å². The Morgan fingerprint density at radius 1 is 1.06 bits per heavy atom. The number of methoxy groups -OCH3 is 2. The van der Waals surface area contributed by atoms with E-state index in [4.69, 9.17) is 25.8 Å². The predicted octanol–water partition coefficient (Wildman–Crippen LogP) is 4.59. The van der Waals surface area contributed by atoms with E-state index in [0.29, 0.717) is 36.6 Å². The van der Waals surface area contributed by atoms with Gasteiger partial charge in [-0.05, 0) is 37.1 Å². The standard InChI is InChI=1S/C24H26ClNO6/c1-5-11-26-21(14-7-9-15(10-8-14)32-6-2)20(23(28)24(26)29)22(27)16-12-17(25)19(31-4)13-18(16)30-3/h7-10,12-13,21,27H,5-6,11H2,1-4H3/b22-20+. The first-order chi connectivity index (χ1) is 15.4. The average Bonchev–Trinajstić information content (AvgIpc) is 3.04. The molecule has 1 N–H and O–H groups in total. The molecule has 1 aliphatic rings.